The van der Waals surface area contributed by atoms with E-state index in [1.165, 1.54) is 0 Å². The van der Waals surface area contributed by atoms with E-state index in [1.54, 1.807) is 0 Å². The number of aliphatic imine (C=N–C) groups is 1. The van der Waals surface area contributed by atoms with Crippen LogP contribution in [0.2, 0.25) is 0 Å². The molecular weight excluding hydrogens is 227 g/mol. The highest BCUT2D eigenvalue weighted by atomic mass is 32.7. The zero-order chi connectivity index (χ0) is 10.6. The summed E-state index contributed by atoms with van der Waals surface area (Å²) in [6.45, 7) is -0.210. The van der Waals surface area contributed by atoms with Crippen molar-refractivity contribution in [3.63, 3.8) is 0 Å². The Hall–Kier alpha value is -0.200. The summed E-state index contributed by atoms with van der Waals surface area (Å²) in [6, 6.07) is 0. The molecule has 3 N–H and O–H groups in total. The Morgan fingerprint density at radius 1 is 1.86 bits per heavy atom. The van der Waals surface area contributed by atoms with Crippen molar-refractivity contribution in [2.75, 3.05) is 6.61 Å². The molecule has 14 heavy (non-hydrogen) atoms. The van der Waals surface area contributed by atoms with Crippen molar-refractivity contribution >= 4 is 25.8 Å². The van der Waals surface area contributed by atoms with Gasteiger partial charge in [-0.1, -0.05) is 0 Å². The van der Waals surface area contributed by atoms with Gasteiger partial charge < -0.3 is 15.6 Å². The molecule has 0 aromatic carbocycles. The van der Waals surface area contributed by atoms with Gasteiger partial charge in [0.05, 0.1) is 12.9 Å². The van der Waals surface area contributed by atoms with Gasteiger partial charge in [-0.15, -0.1) is 4.52 Å². The lowest BCUT2D eigenvalue weighted by molar-refractivity contribution is -0.0111. The Kier molecular flexibility index (Phi) is 4.77. The number of ether oxygens (including phenoxy) is 1. The van der Waals surface area contributed by atoms with E-state index in [0.29, 0.717) is 6.42 Å². The van der Waals surface area contributed by atoms with Crippen LogP contribution in [0.25, 0.3) is 0 Å². The van der Waals surface area contributed by atoms with Gasteiger partial charge in [0.2, 0.25) is 0 Å². The highest BCUT2D eigenvalue weighted by Crippen LogP contribution is 2.35. The second-order valence-corrected chi connectivity index (χ2v) is 4.39. The quantitative estimate of drug-likeness (QED) is 0.279. The molecule has 1 saturated heterocycles. The van der Waals surface area contributed by atoms with Crippen molar-refractivity contribution in [2.24, 2.45) is 10.7 Å². The zero-order valence-electron chi connectivity index (χ0n) is 7.31. The predicted molar refractivity (Wildman–Crippen MR) is 54.5 cm³/mol. The summed E-state index contributed by atoms with van der Waals surface area (Å²) >= 11 is 3.62. The van der Waals surface area contributed by atoms with Crippen LogP contribution >= 0.6 is 19.5 Å². The number of aliphatic hydroxyl groups is 1. The molecule has 4 atom stereocenters. The van der Waals surface area contributed by atoms with Gasteiger partial charge in [-0.2, -0.15) is 0 Å². The summed E-state index contributed by atoms with van der Waals surface area (Å²) in [4.78, 5) is 3.80. The maximum atomic E-state index is 10.7. The fourth-order valence-corrected chi connectivity index (χ4v) is 2.09. The molecule has 0 spiro atoms. The van der Waals surface area contributed by atoms with Crippen molar-refractivity contribution in [1.29, 1.82) is 0 Å². The van der Waals surface area contributed by atoms with E-state index in [4.69, 9.17) is 20.1 Å². The number of hydrogen-bond acceptors (Lipinski definition) is 5. The van der Waals surface area contributed by atoms with E-state index >= 15 is 0 Å². The molecule has 1 unspecified atom stereocenters. The molecule has 0 radical (unpaired) electrons. The lowest BCUT2D eigenvalue weighted by atomic mass is 10.2. The van der Waals surface area contributed by atoms with Gasteiger partial charge in [-0.05, 0) is 4.57 Å². The van der Waals surface area contributed by atoms with Crippen molar-refractivity contribution in [3.8, 4) is 0 Å². The minimum Gasteiger partial charge on any atom is -0.394 e. The normalized spacial score (nSPS) is 33.9. The van der Waals surface area contributed by atoms with Crippen LogP contribution in [-0.2, 0) is 13.8 Å². The van der Waals surface area contributed by atoms with E-state index in [-0.39, 0.29) is 6.61 Å². The average Bonchev–Trinajstić information content (AvgIpc) is 2.47. The van der Waals surface area contributed by atoms with Gasteiger partial charge in [-0.25, -0.2) is 4.99 Å². The summed E-state index contributed by atoms with van der Waals surface area (Å²) < 4.78 is 20.9. The Balaban J connectivity index is 2.53. The number of thiol groups is 1. The van der Waals surface area contributed by atoms with Crippen LogP contribution in [0, 0.1) is 0 Å². The summed E-state index contributed by atoms with van der Waals surface area (Å²) in [5.74, 6) is 0. The Morgan fingerprint density at radius 2 is 2.57 bits per heavy atom. The smallest absolute Gasteiger partial charge is 0.394 e. The van der Waals surface area contributed by atoms with Crippen molar-refractivity contribution in [3.05, 3.63) is 0 Å². The second-order valence-electron chi connectivity index (χ2n) is 2.73. The molecule has 0 saturated carbocycles. The topological polar surface area (TPSA) is 94.1 Å². The molecule has 6 nitrogen and oxygen atoms in total. The lowest BCUT2D eigenvalue weighted by Crippen LogP contribution is -2.25. The standard InChI is InChI=1S/C6H11N2O4PS/c7-3-8-6-1-4(12-13(10)14)5(2-9)11-6/h3-6,9H,1-2H2,(H2-,7,8,10,14)/p+1/t4-,5+,6+/m0/s1. The zero-order valence-corrected chi connectivity index (χ0v) is 9.10. The van der Waals surface area contributed by atoms with Crippen LogP contribution in [0.1, 0.15) is 6.42 Å². The third-order valence-corrected chi connectivity index (χ3v) is 2.57. The van der Waals surface area contributed by atoms with E-state index in [2.05, 4.69) is 17.2 Å². The van der Waals surface area contributed by atoms with Crippen LogP contribution < -0.4 is 5.73 Å². The monoisotopic (exact) mass is 239 g/mol. The maximum absolute atomic E-state index is 10.7. The summed E-state index contributed by atoms with van der Waals surface area (Å²) in [5.41, 5.74) is 5.09. The molecule has 8 heteroatoms. The van der Waals surface area contributed by atoms with E-state index in [0.717, 1.165) is 6.34 Å². The van der Waals surface area contributed by atoms with Gasteiger partial charge in [0.1, 0.15) is 24.5 Å². The first kappa shape index (κ1) is 11.9. The first-order chi connectivity index (χ1) is 6.67. The van der Waals surface area contributed by atoms with Gasteiger partial charge in [0, 0.05) is 6.42 Å². The Bertz CT molecular complexity index is 240. The fraction of sp³-hybridized carbons (Fsp3) is 0.833. The molecule has 0 aliphatic carbocycles. The molecule has 0 aromatic heterocycles. The first-order valence-corrected chi connectivity index (χ1v) is 6.33. The average molecular weight is 239 g/mol. The molecule has 1 fully saturated rings. The first-order valence-electron chi connectivity index (χ1n) is 4.00. The number of aliphatic hydroxyl groups excluding tert-OH is 1. The largest absolute Gasteiger partial charge is 0.582 e. The molecule has 0 aromatic rings. The lowest BCUT2D eigenvalue weighted by Gasteiger charge is -2.09. The molecule has 80 valence electrons. The van der Waals surface area contributed by atoms with Crippen molar-refractivity contribution < 1.29 is 18.9 Å². The maximum Gasteiger partial charge on any atom is 0.582 e. The van der Waals surface area contributed by atoms with E-state index in [1.807, 2.05) is 0 Å². The summed E-state index contributed by atoms with van der Waals surface area (Å²) in [6.07, 6.45) is 0.137. The Morgan fingerprint density at radius 3 is 3.07 bits per heavy atom. The fourth-order valence-electron chi connectivity index (χ4n) is 1.27. The minimum absolute atomic E-state index is 0.210. The predicted octanol–water partition coefficient (Wildman–Crippen LogP) is 0.0531. The third-order valence-electron chi connectivity index (χ3n) is 1.84. The minimum atomic E-state index is -2.00. The number of nitrogens with zero attached hydrogens (tertiary/aromatic N) is 1. The molecule has 1 aliphatic heterocycles. The van der Waals surface area contributed by atoms with Crippen LogP contribution in [0.3, 0.4) is 0 Å². The van der Waals surface area contributed by atoms with Crippen LogP contribution in [0.15, 0.2) is 4.99 Å². The van der Waals surface area contributed by atoms with Crippen LogP contribution in [-0.4, -0.2) is 36.5 Å². The van der Waals surface area contributed by atoms with Gasteiger partial charge in [0.25, 0.3) is 0 Å². The molecule has 0 amide bonds. The van der Waals surface area contributed by atoms with Gasteiger partial charge in [-0.3, -0.25) is 0 Å². The number of hydrogen-bond donors (Lipinski definition) is 3. The van der Waals surface area contributed by atoms with Crippen LogP contribution in [0.4, 0.5) is 0 Å². The molecule has 1 aliphatic rings. The molecular formula is C6H12N2O4PS+. The van der Waals surface area contributed by atoms with Gasteiger partial charge >= 0.3 is 7.23 Å². The van der Waals surface area contributed by atoms with E-state index < -0.39 is 25.7 Å². The summed E-state index contributed by atoms with van der Waals surface area (Å²) in [5, 5.41) is 8.93. The van der Waals surface area contributed by atoms with Gasteiger partial charge in [0.15, 0.2) is 6.23 Å². The highest BCUT2D eigenvalue weighted by Gasteiger charge is 2.40. The SMILES string of the molecule is NC=N[C@H]1C[C@H](O[P+](=O)S)[C@@H](CO)O1. The van der Waals surface area contributed by atoms with Crippen molar-refractivity contribution in [1.82, 2.24) is 0 Å². The van der Waals surface area contributed by atoms with E-state index in [9.17, 15) is 4.57 Å². The second kappa shape index (κ2) is 5.63. The number of rotatable bonds is 4. The number of nitrogens with two attached hydrogens (primary N) is 1. The summed E-state index contributed by atoms with van der Waals surface area (Å²) in [7, 11) is -2.00. The Labute approximate surface area is 87.5 Å². The van der Waals surface area contributed by atoms with Crippen LogP contribution in [0.5, 0.6) is 0 Å². The van der Waals surface area contributed by atoms with Crippen molar-refractivity contribution in [2.45, 2.75) is 24.9 Å². The molecule has 1 heterocycles. The molecule has 0 bridgehead atoms. The highest BCUT2D eigenvalue weighted by molar-refractivity contribution is 8.39. The third kappa shape index (κ3) is 3.18. The molecule has 1 rings (SSSR count).